The molecule has 0 aliphatic heterocycles. The maximum absolute atomic E-state index is 13.3. The number of halogens is 1. The Morgan fingerprint density at radius 1 is 1.00 bits per heavy atom. The lowest BCUT2D eigenvalue weighted by molar-refractivity contribution is 0.307. The number of hydrogen-bond acceptors (Lipinski definition) is 2. The number of rotatable bonds is 8. The standard InChI is InChI=1S/C18H20BFO2/c1-2-3-10-21-15-6-4-5-14(12-15)9-11-22-16-7-8-17(19)18(20)13-16/h4-8,12-13H,2-3,9-11H2,1H3. The zero-order valence-corrected chi connectivity index (χ0v) is 12.8. The zero-order valence-electron chi connectivity index (χ0n) is 12.8. The Hall–Kier alpha value is -1.97. The smallest absolute Gasteiger partial charge is 0.122 e. The Bertz CT molecular complexity index is 601. The van der Waals surface area contributed by atoms with Crippen molar-refractivity contribution in [1.29, 1.82) is 0 Å². The monoisotopic (exact) mass is 298 g/mol. The van der Waals surface area contributed by atoms with E-state index in [2.05, 4.69) is 6.92 Å². The topological polar surface area (TPSA) is 18.5 Å². The van der Waals surface area contributed by atoms with Crippen molar-refractivity contribution in [2.75, 3.05) is 13.2 Å². The van der Waals surface area contributed by atoms with Gasteiger partial charge in [-0.1, -0.05) is 37.0 Å². The summed E-state index contributed by atoms with van der Waals surface area (Å²) < 4.78 is 24.5. The summed E-state index contributed by atoms with van der Waals surface area (Å²) in [5.41, 5.74) is 1.26. The van der Waals surface area contributed by atoms with Crippen LogP contribution in [-0.2, 0) is 6.42 Å². The molecule has 0 bridgehead atoms. The Labute approximate surface area is 132 Å². The molecule has 114 valence electrons. The maximum atomic E-state index is 13.3. The van der Waals surface area contributed by atoms with Gasteiger partial charge in [-0.2, -0.15) is 0 Å². The normalized spacial score (nSPS) is 10.5. The molecular formula is C18H20BFO2. The van der Waals surface area contributed by atoms with Crippen LogP contribution < -0.4 is 14.9 Å². The van der Waals surface area contributed by atoms with E-state index in [-0.39, 0.29) is 5.46 Å². The van der Waals surface area contributed by atoms with E-state index in [1.54, 1.807) is 6.07 Å². The minimum absolute atomic E-state index is 0.129. The second kappa shape index (κ2) is 8.47. The summed E-state index contributed by atoms with van der Waals surface area (Å²) in [6.07, 6.45) is 2.90. The van der Waals surface area contributed by atoms with E-state index in [1.165, 1.54) is 12.1 Å². The van der Waals surface area contributed by atoms with E-state index < -0.39 is 5.82 Å². The number of hydrogen-bond donors (Lipinski definition) is 0. The Morgan fingerprint density at radius 3 is 2.55 bits per heavy atom. The second-order valence-electron chi connectivity index (χ2n) is 5.13. The molecule has 2 aromatic rings. The summed E-state index contributed by atoms with van der Waals surface area (Å²) >= 11 is 0. The van der Waals surface area contributed by atoms with Crippen molar-refractivity contribution < 1.29 is 13.9 Å². The van der Waals surface area contributed by atoms with Crippen LogP contribution in [-0.4, -0.2) is 21.1 Å². The van der Waals surface area contributed by atoms with E-state index >= 15 is 0 Å². The Balaban J connectivity index is 1.83. The molecule has 4 heteroatoms. The van der Waals surface area contributed by atoms with E-state index in [0.717, 1.165) is 37.2 Å². The molecule has 0 fully saturated rings. The first kappa shape index (κ1) is 16.4. The van der Waals surface area contributed by atoms with Crippen molar-refractivity contribution in [2.45, 2.75) is 26.2 Å². The van der Waals surface area contributed by atoms with Crippen LogP contribution in [0, 0.1) is 5.82 Å². The van der Waals surface area contributed by atoms with Crippen molar-refractivity contribution in [2.24, 2.45) is 0 Å². The molecule has 22 heavy (non-hydrogen) atoms. The third-order valence-corrected chi connectivity index (χ3v) is 3.30. The van der Waals surface area contributed by atoms with Gasteiger partial charge in [0.1, 0.15) is 25.2 Å². The molecule has 0 aliphatic carbocycles. The van der Waals surface area contributed by atoms with Gasteiger partial charge in [0.15, 0.2) is 0 Å². The van der Waals surface area contributed by atoms with Gasteiger partial charge in [0.2, 0.25) is 0 Å². The van der Waals surface area contributed by atoms with Crippen molar-refractivity contribution in [1.82, 2.24) is 0 Å². The second-order valence-corrected chi connectivity index (χ2v) is 5.13. The molecule has 0 saturated heterocycles. The summed E-state index contributed by atoms with van der Waals surface area (Å²) in [4.78, 5) is 0. The highest BCUT2D eigenvalue weighted by Gasteiger charge is 2.01. The molecule has 0 N–H and O–H groups in total. The fourth-order valence-corrected chi connectivity index (χ4v) is 2.01. The van der Waals surface area contributed by atoms with Gasteiger partial charge in [-0.25, -0.2) is 4.39 Å². The fourth-order valence-electron chi connectivity index (χ4n) is 2.01. The van der Waals surface area contributed by atoms with Crippen LogP contribution in [0.1, 0.15) is 25.3 Å². The van der Waals surface area contributed by atoms with Crippen molar-refractivity contribution in [3.05, 3.63) is 53.8 Å². The van der Waals surface area contributed by atoms with Gasteiger partial charge in [0.25, 0.3) is 0 Å². The first-order chi connectivity index (χ1) is 10.7. The van der Waals surface area contributed by atoms with Gasteiger partial charge in [-0.3, -0.25) is 0 Å². The van der Waals surface area contributed by atoms with E-state index in [1.807, 2.05) is 24.3 Å². The Kier molecular flexibility index (Phi) is 6.32. The molecule has 0 saturated carbocycles. The molecule has 0 amide bonds. The highest BCUT2D eigenvalue weighted by Crippen LogP contribution is 2.15. The van der Waals surface area contributed by atoms with Crippen molar-refractivity contribution >= 4 is 13.3 Å². The lowest BCUT2D eigenvalue weighted by Crippen LogP contribution is -2.09. The molecule has 0 aromatic heterocycles. The highest BCUT2D eigenvalue weighted by molar-refractivity contribution is 6.32. The molecule has 0 aliphatic rings. The van der Waals surface area contributed by atoms with E-state index in [0.29, 0.717) is 12.4 Å². The van der Waals surface area contributed by atoms with Gasteiger partial charge >= 0.3 is 0 Å². The molecule has 0 atom stereocenters. The highest BCUT2D eigenvalue weighted by atomic mass is 19.1. The first-order valence-corrected chi connectivity index (χ1v) is 7.58. The molecule has 2 radical (unpaired) electrons. The molecule has 2 nitrogen and oxygen atoms in total. The van der Waals surface area contributed by atoms with Crippen LogP contribution in [0.15, 0.2) is 42.5 Å². The SMILES string of the molecule is [B]c1ccc(OCCc2cccc(OCCCC)c2)cc1F. The van der Waals surface area contributed by atoms with E-state index in [9.17, 15) is 4.39 Å². The summed E-state index contributed by atoms with van der Waals surface area (Å²) in [6, 6.07) is 12.5. The number of unbranched alkanes of at least 4 members (excludes halogenated alkanes) is 1. The summed E-state index contributed by atoms with van der Waals surface area (Å²) in [5.74, 6) is 0.912. The molecule has 0 spiro atoms. The third kappa shape index (κ3) is 5.10. The molecule has 2 rings (SSSR count). The fraction of sp³-hybridized carbons (Fsp3) is 0.333. The van der Waals surface area contributed by atoms with E-state index in [4.69, 9.17) is 17.3 Å². The molecular weight excluding hydrogens is 278 g/mol. The predicted molar refractivity (Wildman–Crippen MR) is 87.8 cm³/mol. The lowest BCUT2D eigenvalue weighted by atomic mass is 9.96. The number of ether oxygens (including phenoxy) is 2. The minimum atomic E-state index is -0.455. The number of benzene rings is 2. The molecule has 0 heterocycles. The van der Waals surface area contributed by atoms with Crippen LogP contribution in [0.5, 0.6) is 11.5 Å². The van der Waals surface area contributed by atoms with Crippen LogP contribution in [0.4, 0.5) is 4.39 Å². The average Bonchev–Trinajstić information content (AvgIpc) is 2.52. The summed E-state index contributed by atoms with van der Waals surface area (Å²) in [7, 11) is 5.43. The zero-order chi connectivity index (χ0) is 15.8. The largest absolute Gasteiger partial charge is 0.494 e. The average molecular weight is 298 g/mol. The Morgan fingerprint density at radius 2 is 1.77 bits per heavy atom. The van der Waals surface area contributed by atoms with Crippen LogP contribution >= 0.6 is 0 Å². The lowest BCUT2D eigenvalue weighted by Gasteiger charge is -2.09. The maximum Gasteiger partial charge on any atom is 0.122 e. The summed E-state index contributed by atoms with van der Waals surface area (Å²) in [6.45, 7) is 3.35. The first-order valence-electron chi connectivity index (χ1n) is 7.58. The third-order valence-electron chi connectivity index (χ3n) is 3.30. The quantitative estimate of drug-likeness (QED) is 0.549. The molecule has 0 unspecified atom stereocenters. The van der Waals surface area contributed by atoms with Gasteiger partial charge in [0, 0.05) is 12.5 Å². The van der Waals surface area contributed by atoms with Crippen LogP contribution in [0.3, 0.4) is 0 Å². The van der Waals surface area contributed by atoms with Crippen LogP contribution in [0.2, 0.25) is 0 Å². The van der Waals surface area contributed by atoms with Gasteiger partial charge in [0.05, 0.1) is 13.2 Å². The van der Waals surface area contributed by atoms with Crippen molar-refractivity contribution in [3.8, 4) is 11.5 Å². The minimum Gasteiger partial charge on any atom is -0.494 e. The van der Waals surface area contributed by atoms with Gasteiger partial charge in [-0.05, 0) is 30.2 Å². The van der Waals surface area contributed by atoms with Gasteiger partial charge < -0.3 is 9.47 Å². The molecule has 2 aromatic carbocycles. The van der Waals surface area contributed by atoms with Crippen LogP contribution in [0.25, 0.3) is 0 Å². The van der Waals surface area contributed by atoms with Gasteiger partial charge in [-0.15, -0.1) is 0 Å². The van der Waals surface area contributed by atoms with Crippen molar-refractivity contribution in [3.63, 3.8) is 0 Å². The summed E-state index contributed by atoms with van der Waals surface area (Å²) in [5, 5.41) is 0. The predicted octanol–water partition coefficient (Wildman–Crippen LogP) is 3.42.